The van der Waals surface area contributed by atoms with Gasteiger partial charge in [0, 0.05) is 11.6 Å². The zero-order chi connectivity index (χ0) is 13.4. The smallest absolute Gasteiger partial charge is 0.254 e. The summed E-state index contributed by atoms with van der Waals surface area (Å²) in [7, 11) is 0. The predicted octanol–water partition coefficient (Wildman–Crippen LogP) is 2.78. The number of carbonyl (C=O) groups is 1. The summed E-state index contributed by atoms with van der Waals surface area (Å²) in [6.07, 6.45) is 3.19. The summed E-state index contributed by atoms with van der Waals surface area (Å²) < 4.78 is 19.3. The second kappa shape index (κ2) is 5.10. The number of nitrogens with one attached hydrogen (secondary N) is 1. The van der Waals surface area contributed by atoms with E-state index in [2.05, 4.69) is 5.32 Å². The number of hydrogen-bond donors (Lipinski definition) is 1. The van der Waals surface area contributed by atoms with E-state index in [4.69, 9.17) is 16.3 Å². The number of benzene rings is 1. The topological polar surface area (TPSA) is 38.3 Å². The average Bonchev–Trinajstić information content (AvgIpc) is 3.13. The third-order valence-corrected chi connectivity index (χ3v) is 3.95. The van der Waals surface area contributed by atoms with Crippen molar-refractivity contribution in [1.29, 1.82) is 0 Å². The number of rotatable bonds is 3. The van der Waals surface area contributed by atoms with Crippen molar-refractivity contribution in [3.05, 3.63) is 34.6 Å². The van der Waals surface area contributed by atoms with E-state index in [1.54, 1.807) is 0 Å². The molecule has 1 aliphatic carbocycles. The molecule has 3 nitrogen and oxygen atoms in total. The number of carbonyl (C=O) groups excluding carboxylic acids is 1. The van der Waals surface area contributed by atoms with Gasteiger partial charge in [0.15, 0.2) is 0 Å². The normalized spacial score (nSPS) is 26.4. The van der Waals surface area contributed by atoms with Crippen molar-refractivity contribution in [2.75, 3.05) is 6.61 Å². The second-order valence-electron chi connectivity index (χ2n) is 5.17. The fourth-order valence-corrected chi connectivity index (χ4v) is 2.74. The Bertz CT molecular complexity index is 504. The van der Waals surface area contributed by atoms with E-state index in [1.807, 2.05) is 0 Å². The number of amides is 1. The van der Waals surface area contributed by atoms with Gasteiger partial charge in [-0.15, -0.1) is 0 Å². The highest BCUT2D eigenvalue weighted by atomic mass is 35.5. The van der Waals surface area contributed by atoms with E-state index in [9.17, 15) is 9.18 Å². The van der Waals surface area contributed by atoms with Gasteiger partial charge < -0.3 is 10.1 Å². The van der Waals surface area contributed by atoms with Gasteiger partial charge in [0.25, 0.3) is 5.91 Å². The van der Waals surface area contributed by atoms with Crippen LogP contribution < -0.4 is 5.32 Å². The number of halogens is 2. The summed E-state index contributed by atoms with van der Waals surface area (Å²) >= 11 is 5.80. The molecule has 2 fully saturated rings. The standard InChI is InChI=1S/C14H15ClFNO2/c15-9-3-4-11(16)10(7-9)14(18)17-12-5-6-19-13(12)8-1-2-8/h3-4,7-8,12-13H,1-2,5-6H2,(H,17,18). The summed E-state index contributed by atoms with van der Waals surface area (Å²) in [5, 5.41) is 3.23. The van der Waals surface area contributed by atoms with Crippen LogP contribution in [-0.4, -0.2) is 24.7 Å². The molecule has 2 atom stereocenters. The molecule has 1 aliphatic heterocycles. The van der Waals surface area contributed by atoms with Gasteiger partial charge in [0.2, 0.25) is 0 Å². The molecule has 19 heavy (non-hydrogen) atoms. The van der Waals surface area contributed by atoms with Crippen LogP contribution in [0, 0.1) is 11.7 Å². The molecule has 1 heterocycles. The zero-order valence-electron chi connectivity index (χ0n) is 10.4. The summed E-state index contributed by atoms with van der Waals surface area (Å²) in [6.45, 7) is 0.657. The molecule has 1 saturated carbocycles. The van der Waals surface area contributed by atoms with Gasteiger partial charge in [-0.2, -0.15) is 0 Å². The van der Waals surface area contributed by atoms with E-state index in [1.165, 1.54) is 18.2 Å². The van der Waals surface area contributed by atoms with Crippen molar-refractivity contribution < 1.29 is 13.9 Å². The maximum Gasteiger partial charge on any atom is 0.254 e. The first-order valence-corrected chi connectivity index (χ1v) is 6.90. The van der Waals surface area contributed by atoms with E-state index in [-0.39, 0.29) is 17.7 Å². The van der Waals surface area contributed by atoms with E-state index < -0.39 is 11.7 Å². The molecule has 1 saturated heterocycles. The zero-order valence-corrected chi connectivity index (χ0v) is 11.1. The van der Waals surface area contributed by atoms with Crippen molar-refractivity contribution in [3.8, 4) is 0 Å². The minimum Gasteiger partial charge on any atom is -0.376 e. The van der Waals surface area contributed by atoms with Crippen LogP contribution in [0.1, 0.15) is 29.6 Å². The molecule has 0 spiro atoms. The van der Waals surface area contributed by atoms with Crippen molar-refractivity contribution in [2.45, 2.75) is 31.4 Å². The van der Waals surface area contributed by atoms with Crippen LogP contribution in [-0.2, 0) is 4.74 Å². The average molecular weight is 284 g/mol. The lowest BCUT2D eigenvalue weighted by atomic mass is 10.1. The molecule has 1 N–H and O–H groups in total. The Hall–Kier alpha value is -1.13. The molecule has 3 rings (SSSR count). The van der Waals surface area contributed by atoms with Crippen LogP contribution in [0.25, 0.3) is 0 Å². The quantitative estimate of drug-likeness (QED) is 0.926. The molecule has 5 heteroatoms. The van der Waals surface area contributed by atoms with E-state index in [0.29, 0.717) is 17.5 Å². The Kier molecular flexibility index (Phi) is 3.46. The first-order chi connectivity index (χ1) is 9.15. The third-order valence-electron chi connectivity index (χ3n) is 3.71. The molecule has 102 valence electrons. The molecule has 0 aromatic heterocycles. The highest BCUT2D eigenvalue weighted by Gasteiger charge is 2.41. The van der Waals surface area contributed by atoms with Gasteiger partial charge in [-0.3, -0.25) is 4.79 Å². The largest absolute Gasteiger partial charge is 0.376 e. The van der Waals surface area contributed by atoms with Crippen LogP contribution in [0.5, 0.6) is 0 Å². The minimum atomic E-state index is -0.552. The first kappa shape index (κ1) is 12.9. The summed E-state index contributed by atoms with van der Waals surface area (Å²) in [5.74, 6) is -0.415. The lowest BCUT2D eigenvalue weighted by Crippen LogP contribution is -2.41. The van der Waals surface area contributed by atoms with Gasteiger partial charge in [0.05, 0.1) is 17.7 Å². The minimum absolute atomic E-state index is 0.00560. The lowest BCUT2D eigenvalue weighted by Gasteiger charge is -2.19. The summed E-state index contributed by atoms with van der Waals surface area (Å²) in [4.78, 5) is 12.1. The number of ether oxygens (including phenoxy) is 1. The maximum absolute atomic E-state index is 13.6. The van der Waals surface area contributed by atoms with Crippen LogP contribution in [0.4, 0.5) is 4.39 Å². The van der Waals surface area contributed by atoms with Gasteiger partial charge in [-0.05, 0) is 43.4 Å². The highest BCUT2D eigenvalue weighted by molar-refractivity contribution is 6.31. The summed E-state index contributed by atoms with van der Waals surface area (Å²) in [6, 6.07) is 3.98. The van der Waals surface area contributed by atoms with E-state index >= 15 is 0 Å². The van der Waals surface area contributed by atoms with Crippen molar-refractivity contribution in [2.24, 2.45) is 5.92 Å². The monoisotopic (exact) mass is 283 g/mol. The highest BCUT2D eigenvalue weighted by Crippen LogP contribution is 2.38. The Labute approximate surface area is 116 Å². The Morgan fingerprint density at radius 1 is 1.37 bits per heavy atom. The molecular formula is C14H15ClFNO2. The fourth-order valence-electron chi connectivity index (χ4n) is 2.57. The van der Waals surface area contributed by atoms with Crippen LogP contribution in [0.15, 0.2) is 18.2 Å². The summed E-state index contributed by atoms with van der Waals surface area (Å²) in [5.41, 5.74) is -0.00560. The van der Waals surface area contributed by atoms with Crippen molar-refractivity contribution in [1.82, 2.24) is 5.32 Å². The Morgan fingerprint density at radius 3 is 2.89 bits per heavy atom. The molecule has 0 radical (unpaired) electrons. The maximum atomic E-state index is 13.6. The predicted molar refractivity (Wildman–Crippen MR) is 69.7 cm³/mol. The van der Waals surface area contributed by atoms with Crippen LogP contribution in [0.3, 0.4) is 0 Å². The van der Waals surface area contributed by atoms with E-state index in [0.717, 1.165) is 19.3 Å². The van der Waals surface area contributed by atoms with Crippen LogP contribution >= 0.6 is 11.6 Å². The lowest BCUT2D eigenvalue weighted by molar-refractivity contribution is 0.0728. The molecule has 2 unspecified atom stereocenters. The third kappa shape index (κ3) is 2.74. The van der Waals surface area contributed by atoms with Gasteiger partial charge >= 0.3 is 0 Å². The fraction of sp³-hybridized carbons (Fsp3) is 0.500. The molecule has 1 aromatic rings. The Morgan fingerprint density at radius 2 is 2.16 bits per heavy atom. The number of hydrogen-bond acceptors (Lipinski definition) is 2. The van der Waals surface area contributed by atoms with Crippen molar-refractivity contribution >= 4 is 17.5 Å². The van der Waals surface area contributed by atoms with Gasteiger partial charge in [-0.25, -0.2) is 4.39 Å². The second-order valence-corrected chi connectivity index (χ2v) is 5.60. The Balaban J connectivity index is 1.72. The molecule has 1 amide bonds. The molecule has 1 aromatic carbocycles. The molecule has 2 aliphatic rings. The molecule has 0 bridgehead atoms. The van der Waals surface area contributed by atoms with Crippen LogP contribution in [0.2, 0.25) is 5.02 Å². The molecular weight excluding hydrogens is 269 g/mol. The SMILES string of the molecule is O=C(NC1CCOC1C1CC1)c1cc(Cl)ccc1F. The van der Waals surface area contributed by atoms with Gasteiger partial charge in [-0.1, -0.05) is 11.6 Å². The first-order valence-electron chi connectivity index (χ1n) is 6.52. The van der Waals surface area contributed by atoms with Gasteiger partial charge in [0.1, 0.15) is 5.82 Å². The van der Waals surface area contributed by atoms with Crippen molar-refractivity contribution in [3.63, 3.8) is 0 Å².